The van der Waals surface area contributed by atoms with Crippen molar-refractivity contribution < 1.29 is 19.0 Å². The Morgan fingerprint density at radius 1 is 1.20 bits per heavy atom. The summed E-state index contributed by atoms with van der Waals surface area (Å²) in [4.78, 5) is 20.4. The van der Waals surface area contributed by atoms with Crippen molar-refractivity contribution in [2.75, 3.05) is 13.7 Å². The highest BCUT2D eigenvalue weighted by molar-refractivity contribution is 5.96. The normalized spacial score (nSPS) is 27.2. The van der Waals surface area contributed by atoms with Gasteiger partial charge in [-0.1, -0.05) is 41.5 Å². The molecule has 0 aliphatic carbocycles. The Kier molecular flexibility index (Phi) is 5.94. The van der Waals surface area contributed by atoms with E-state index in [1.807, 2.05) is 36.4 Å². The number of hydrogen-bond acceptors (Lipinski definition) is 6. The van der Waals surface area contributed by atoms with Gasteiger partial charge in [0.1, 0.15) is 18.2 Å². The molecule has 1 amide bonds. The Balaban J connectivity index is 1.64. The lowest BCUT2D eigenvalue weighted by atomic mass is 9.94. The van der Waals surface area contributed by atoms with Gasteiger partial charge in [0.2, 0.25) is 5.90 Å². The molecule has 4 rings (SSSR count). The van der Waals surface area contributed by atoms with E-state index in [9.17, 15) is 4.79 Å². The molecular weight excluding hydrogens is 386 g/mol. The number of nitrogens with zero attached hydrogens (tertiary/aromatic N) is 4. The van der Waals surface area contributed by atoms with Crippen LogP contribution in [0.2, 0.25) is 0 Å². The number of fused-ring (bicyclic) bond motifs is 1. The highest BCUT2D eigenvalue weighted by Crippen LogP contribution is 2.32. The van der Waals surface area contributed by atoms with E-state index < -0.39 is 30.6 Å². The van der Waals surface area contributed by atoms with Crippen LogP contribution in [-0.4, -0.2) is 56.0 Å². The zero-order chi connectivity index (χ0) is 20.9. The summed E-state index contributed by atoms with van der Waals surface area (Å²) in [7, 11) is 1.49. The Hall–Kier alpha value is -3.39. The van der Waals surface area contributed by atoms with Gasteiger partial charge >= 0.3 is 0 Å². The first kappa shape index (κ1) is 19.9. The van der Waals surface area contributed by atoms with E-state index in [2.05, 4.69) is 15.3 Å². The number of azide groups is 1. The van der Waals surface area contributed by atoms with Crippen molar-refractivity contribution >= 4 is 11.8 Å². The van der Waals surface area contributed by atoms with E-state index in [4.69, 9.17) is 24.7 Å². The molecule has 2 heterocycles. The quantitative estimate of drug-likeness (QED) is 0.450. The van der Waals surface area contributed by atoms with E-state index in [0.29, 0.717) is 11.5 Å². The van der Waals surface area contributed by atoms with Crippen LogP contribution >= 0.6 is 0 Å². The van der Waals surface area contributed by atoms with E-state index in [-0.39, 0.29) is 12.5 Å². The molecule has 30 heavy (non-hydrogen) atoms. The molecule has 0 bridgehead atoms. The molecule has 1 fully saturated rings. The summed E-state index contributed by atoms with van der Waals surface area (Å²) < 4.78 is 17.6. The predicted octanol–water partition coefficient (Wildman–Crippen LogP) is 2.68. The van der Waals surface area contributed by atoms with Crippen molar-refractivity contribution in [3.8, 4) is 0 Å². The first-order valence-electron chi connectivity index (χ1n) is 9.56. The number of carbonyl (C=O) groups is 1. The molecule has 9 nitrogen and oxygen atoms in total. The van der Waals surface area contributed by atoms with Crippen molar-refractivity contribution in [3.63, 3.8) is 0 Å². The molecule has 1 saturated heterocycles. The number of methoxy groups -OCH3 is 1. The lowest BCUT2D eigenvalue weighted by Gasteiger charge is -2.41. The minimum Gasteiger partial charge on any atom is -0.469 e. The van der Waals surface area contributed by atoms with Gasteiger partial charge in [0.25, 0.3) is 5.91 Å². The van der Waals surface area contributed by atoms with Gasteiger partial charge in [-0.05, 0) is 29.8 Å². The van der Waals surface area contributed by atoms with Gasteiger partial charge in [-0.3, -0.25) is 4.79 Å². The van der Waals surface area contributed by atoms with Crippen LogP contribution in [0.25, 0.3) is 10.4 Å². The van der Waals surface area contributed by atoms with Crippen LogP contribution in [0, 0.1) is 0 Å². The molecule has 2 aliphatic heterocycles. The second-order valence-electron chi connectivity index (χ2n) is 6.93. The summed E-state index contributed by atoms with van der Waals surface area (Å²) in [6, 6.07) is 17.3. The first-order chi connectivity index (χ1) is 14.7. The van der Waals surface area contributed by atoms with Crippen LogP contribution < -0.4 is 5.32 Å². The van der Waals surface area contributed by atoms with Crippen molar-refractivity contribution in [2.24, 2.45) is 10.1 Å². The Bertz CT molecular complexity index is 962. The van der Waals surface area contributed by atoms with E-state index >= 15 is 0 Å². The molecule has 5 atom stereocenters. The summed E-state index contributed by atoms with van der Waals surface area (Å²) >= 11 is 0. The standard InChI is InChI=1S/C21H21N5O4/c1-28-21-17(24-19(27)13-8-4-2-5-9-13)16-18(15(29-21)12-23-26-22)30-20(25-16)14-10-6-3-7-11-14/h2-11,15-18,21H,12H2,1H3,(H,24,27)/t15-,16-,17-,18+,21-/m1/s1. The third kappa shape index (κ3) is 3.99. The molecule has 0 aromatic heterocycles. The number of ether oxygens (including phenoxy) is 3. The summed E-state index contributed by atoms with van der Waals surface area (Å²) in [6.07, 6.45) is -1.87. The maximum absolute atomic E-state index is 12.8. The fraction of sp³-hybridized carbons (Fsp3) is 0.333. The Morgan fingerprint density at radius 2 is 1.90 bits per heavy atom. The number of hydrogen-bond donors (Lipinski definition) is 1. The highest BCUT2D eigenvalue weighted by atomic mass is 16.7. The second kappa shape index (κ2) is 8.96. The minimum absolute atomic E-state index is 0.0640. The van der Waals surface area contributed by atoms with Gasteiger partial charge in [-0.2, -0.15) is 0 Å². The molecule has 154 valence electrons. The number of carbonyl (C=O) groups excluding carboxylic acids is 1. The minimum atomic E-state index is -0.778. The number of nitrogens with one attached hydrogen (secondary N) is 1. The molecule has 2 aliphatic rings. The van der Waals surface area contributed by atoms with Crippen molar-refractivity contribution in [2.45, 2.75) is 30.6 Å². The summed E-state index contributed by atoms with van der Waals surface area (Å²) in [5.74, 6) is 0.192. The average molecular weight is 407 g/mol. The molecule has 0 saturated carbocycles. The van der Waals surface area contributed by atoms with Gasteiger partial charge in [0.05, 0.1) is 6.54 Å². The van der Waals surface area contributed by atoms with E-state index in [0.717, 1.165) is 5.56 Å². The van der Waals surface area contributed by atoms with Crippen molar-refractivity contribution in [1.82, 2.24) is 5.32 Å². The lowest BCUT2D eigenvalue weighted by molar-refractivity contribution is -0.218. The average Bonchev–Trinajstić information content (AvgIpc) is 3.25. The molecule has 9 heteroatoms. The summed E-state index contributed by atoms with van der Waals surface area (Å²) in [5.41, 5.74) is 10.1. The van der Waals surface area contributed by atoms with Crippen LogP contribution in [0.4, 0.5) is 0 Å². The highest BCUT2D eigenvalue weighted by Gasteiger charge is 2.51. The van der Waals surface area contributed by atoms with Crippen LogP contribution in [-0.2, 0) is 14.2 Å². The Labute approximate surface area is 173 Å². The molecule has 0 unspecified atom stereocenters. The third-order valence-corrected chi connectivity index (χ3v) is 5.10. The Morgan fingerprint density at radius 3 is 2.57 bits per heavy atom. The van der Waals surface area contributed by atoms with Gasteiger partial charge in [-0.25, -0.2) is 4.99 Å². The SMILES string of the molecule is CO[C@@H]1O[C@H](CN=[N+]=[N-])[C@@H]2OC(c3ccccc3)=N[C@@H]2[C@H]1NC(=O)c1ccccc1. The second-order valence-corrected chi connectivity index (χ2v) is 6.93. The maximum Gasteiger partial charge on any atom is 0.251 e. The molecular formula is C21H21N5O4. The fourth-order valence-electron chi connectivity index (χ4n) is 3.68. The van der Waals surface area contributed by atoms with Gasteiger partial charge in [-0.15, -0.1) is 0 Å². The van der Waals surface area contributed by atoms with Crippen LogP contribution in [0.5, 0.6) is 0 Å². The largest absolute Gasteiger partial charge is 0.469 e. The lowest BCUT2D eigenvalue weighted by Crippen LogP contribution is -2.63. The van der Waals surface area contributed by atoms with Gasteiger partial charge in [0.15, 0.2) is 12.4 Å². The summed E-state index contributed by atoms with van der Waals surface area (Å²) in [5, 5.41) is 6.61. The number of rotatable bonds is 6. The number of aliphatic imine (C=N–C) groups is 1. The van der Waals surface area contributed by atoms with Crippen LogP contribution in [0.1, 0.15) is 15.9 Å². The molecule has 2 aromatic rings. The fourth-order valence-corrected chi connectivity index (χ4v) is 3.68. The molecule has 0 spiro atoms. The van der Waals surface area contributed by atoms with E-state index in [1.54, 1.807) is 24.3 Å². The molecule has 2 aromatic carbocycles. The van der Waals surface area contributed by atoms with Gasteiger partial charge < -0.3 is 19.5 Å². The van der Waals surface area contributed by atoms with Crippen molar-refractivity contribution in [3.05, 3.63) is 82.2 Å². The van der Waals surface area contributed by atoms with Crippen molar-refractivity contribution in [1.29, 1.82) is 0 Å². The maximum atomic E-state index is 12.8. The first-order valence-corrected chi connectivity index (χ1v) is 9.56. The molecule has 0 radical (unpaired) electrons. The predicted molar refractivity (Wildman–Crippen MR) is 109 cm³/mol. The van der Waals surface area contributed by atoms with Gasteiger partial charge in [0, 0.05) is 23.1 Å². The van der Waals surface area contributed by atoms with Crippen LogP contribution in [0.3, 0.4) is 0 Å². The monoisotopic (exact) mass is 407 g/mol. The van der Waals surface area contributed by atoms with Crippen LogP contribution in [0.15, 0.2) is 70.8 Å². The third-order valence-electron chi connectivity index (χ3n) is 5.10. The number of amides is 1. The van der Waals surface area contributed by atoms with E-state index in [1.165, 1.54) is 7.11 Å². The smallest absolute Gasteiger partial charge is 0.251 e. The molecule has 1 N–H and O–H groups in total. The topological polar surface area (TPSA) is 118 Å². The zero-order valence-corrected chi connectivity index (χ0v) is 16.3. The summed E-state index contributed by atoms with van der Waals surface area (Å²) in [6.45, 7) is 0.0640. The zero-order valence-electron chi connectivity index (χ0n) is 16.3. The number of benzene rings is 2.